The summed E-state index contributed by atoms with van der Waals surface area (Å²) in [6, 6.07) is 3.87. The fourth-order valence-electron chi connectivity index (χ4n) is 0.803. The minimum atomic E-state index is -0.379. The number of hydrogen-bond acceptors (Lipinski definition) is 3. The molecular formula is C9H10O2S. The molecule has 0 aliphatic carbocycles. The van der Waals surface area contributed by atoms with Crippen LogP contribution in [0.25, 0.3) is 0 Å². The van der Waals surface area contributed by atoms with Gasteiger partial charge in [0.15, 0.2) is 0 Å². The van der Waals surface area contributed by atoms with Gasteiger partial charge < -0.3 is 4.74 Å². The van der Waals surface area contributed by atoms with Crippen molar-refractivity contribution in [3.8, 4) is 0 Å². The van der Waals surface area contributed by atoms with E-state index in [0.717, 1.165) is 4.88 Å². The quantitative estimate of drug-likeness (QED) is 0.530. The van der Waals surface area contributed by atoms with Gasteiger partial charge in [0.05, 0.1) is 0 Å². The molecule has 1 heterocycles. The minimum Gasteiger partial charge on any atom is -0.454 e. The second kappa shape index (κ2) is 4.07. The molecule has 64 valence electrons. The largest absolute Gasteiger partial charge is 0.454 e. The Morgan fingerprint density at radius 2 is 2.58 bits per heavy atom. The molecule has 0 amide bonds. The molecule has 0 aromatic carbocycles. The molecule has 1 rings (SSSR count). The summed E-state index contributed by atoms with van der Waals surface area (Å²) in [6.45, 7) is 5.16. The van der Waals surface area contributed by atoms with Crippen LogP contribution < -0.4 is 0 Å². The van der Waals surface area contributed by atoms with Gasteiger partial charge in [-0.1, -0.05) is 12.6 Å². The molecule has 0 saturated carbocycles. The van der Waals surface area contributed by atoms with Crippen LogP contribution in [0.4, 0.5) is 0 Å². The van der Waals surface area contributed by atoms with E-state index >= 15 is 0 Å². The SMILES string of the molecule is C=CC(=O)OC(C)c1cccs1. The van der Waals surface area contributed by atoms with Crippen LogP contribution in [0.15, 0.2) is 30.2 Å². The summed E-state index contributed by atoms with van der Waals surface area (Å²) in [6.07, 6.45) is 1.000. The first-order chi connectivity index (χ1) is 5.74. The number of carbonyl (C=O) groups excluding carboxylic acids is 1. The van der Waals surface area contributed by atoms with Crippen LogP contribution in [0.3, 0.4) is 0 Å². The Balaban J connectivity index is 2.55. The first-order valence-corrected chi connectivity index (χ1v) is 4.48. The third kappa shape index (κ3) is 2.20. The van der Waals surface area contributed by atoms with Crippen LogP contribution in [0, 0.1) is 0 Å². The molecule has 0 fully saturated rings. The number of hydrogen-bond donors (Lipinski definition) is 0. The summed E-state index contributed by atoms with van der Waals surface area (Å²) < 4.78 is 5.00. The van der Waals surface area contributed by atoms with Crippen molar-refractivity contribution >= 4 is 17.3 Å². The monoisotopic (exact) mass is 182 g/mol. The van der Waals surface area contributed by atoms with Crippen molar-refractivity contribution in [1.82, 2.24) is 0 Å². The lowest BCUT2D eigenvalue weighted by atomic mass is 10.3. The molecule has 0 N–H and O–H groups in total. The second-order valence-corrected chi connectivity index (χ2v) is 3.28. The molecule has 0 spiro atoms. The standard InChI is InChI=1S/C9H10O2S/c1-3-9(10)11-7(2)8-5-4-6-12-8/h3-7H,1H2,2H3. The first-order valence-electron chi connectivity index (χ1n) is 3.60. The Kier molecular flexibility index (Phi) is 3.05. The number of ether oxygens (including phenoxy) is 1. The highest BCUT2D eigenvalue weighted by atomic mass is 32.1. The van der Waals surface area contributed by atoms with E-state index in [9.17, 15) is 4.79 Å². The lowest BCUT2D eigenvalue weighted by molar-refractivity contribution is -0.142. The van der Waals surface area contributed by atoms with Gasteiger partial charge in [-0.2, -0.15) is 0 Å². The molecular weight excluding hydrogens is 172 g/mol. The molecule has 0 bridgehead atoms. The third-order valence-electron chi connectivity index (χ3n) is 1.40. The highest BCUT2D eigenvalue weighted by molar-refractivity contribution is 7.10. The minimum absolute atomic E-state index is 0.171. The predicted octanol–water partition coefficient (Wildman–Crippen LogP) is 2.54. The van der Waals surface area contributed by atoms with E-state index in [-0.39, 0.29) is 12.1 Å². The van der Waals surface area contributed by atoms with Crippen LogP contribution in [0.1, 0.15) is 17.9 Å². The van der Waals surface area contributed by atoms with Crippen LogP contribution in [0.5, 0.6) is 0 Å². The zero-order valence-electron chi connectivity index (χ0n) is 6.82. The van der Waals surface area contributed by atoms with Gasteiger partial charge in [0.2, 0.25) is 0 Å². The van der Waals surface area contributed by atoms with Gasteiger partial charge in [0, 0.05) is 11.0 Å². The van der Waals surface area contributed by atoms with Crippen molar-refractivity contribution in [3.63, 3.8) is 0 Å². The lowest BCUT2D eigenvalue weighted by Crippen LogP contribution is -2.03. The zero-order valence-corrected chi connectivity index (χ0v) is 7.64. The first kappa shape index (κ1) is 9.00. The van der Waals surface area contributed by atoms with Crippen molar-refractivity contribution < 1.29 is 9.53 Å². The van der Waals surface area contributed by atoms with Gasteiger partial charge in [-0.3, -0.25) is 0 Å². The van der Waals surface area contributed by atoms with Crippen molar-refractivity contribution in [3.05, 3.63) is 35.0 Å². The number of esters is 1. The zero-order chi connectivity index (χ0) is 8.97. The molecule has 1 atom stereocenters. The van der Waals surface area contributed by atoms with Crippen LogP contribution >= 0.6 is 11.3 Å². The summed E-state index contributed by atoms with van der Waals surface area (Å²) in [4.78, 5) is 11.8. The van der Waals surface area contributed by atoms with Crippen LogP contribution in [-0.2, 0) is 9.53 Å². The maximum atomic E-state index is 10.8. The average Bonchev–Trinajstić information content (AvgIpc) is 2.56. The van der Waals surface area contributed by atoms with E-state index in [1.165, 1.54) is 6.08 Å². The number of thiophene rings is 1. The molecule has 0 aliphatic rings. The summed E-state index contributed by atoms with van der Waals surface area (Å²) >= 11 is 1.57. The second-order valence-electron chi connectivity index (χ2n) is 2.30. The molecule has 2 nitrogen and oxygen atoms in total. The van der Waals surface area contributed by atoms with Crippen molar-refractivity contribution in [1.29, 1.82) is 0 Å². The van der Waals surface area contributed by atoms with Crippen LogP contribution in [0.2, 0.25) is 0 Å². The van der Waals surface area contributed by atoms with Gasteiger partial charge in [-0.05, 0) is 18.4 Å². The van der Waals surface area contributed by atoms with Crippen molar-refractivity contribution in [2.24, 2.45) is 0 Å². The highest BCUT2D eigenvalue weighted by Crippen LogP contribution is 2.21. The van der Waals surface area contributed by atoms with E-state index in [1.54, 1.807) is 11.3 Å². The van der Waals surface area contributed by atoms with Crippen molar-refractivity contribution in [2.75, 3.05) is 0 Å². The maximum Gasteiger partial charge on any atom is 0.330 e. The molecule has 1 aromatic heterocycles. The Labute approximate surface area is 75.5 Å². The normalized spacial score (nSPS) is 12.1. The topological polar surface area (TPSA) is 26.3 Å². The Morgan fingerprint density at radius 3 is 3.08 bits per heavy atom. The number of rotatable bonds is 3. The predicted molar refractivity (Wildman–Crippen MR) is 49.0 cm³/mol. The summed E-state index contributed by atoms with van der Waals surface area (Å²) in [5, 5.41) is 1.95. The molecule has 0 aliphatic heterocycles. The van der Waals surface area contributed by atoms with E-state index < -0.39 is 0 Å². The summed E-state index contributed by atoms with van der Waals surface area (Å²) in [7, 11) is 0. The maximum absolute atomic E-state index is 10.8. The number of carbonyl (C=O) groups is 1. The van der Waals surface area contributed by atoms with Crippen molar-refractivity contribution in [2.45, 2.75) is 13.0 Å². The van der Waals surface area contributed by atoms with Gasteiger partial charge in [0.1, 0.15) is 6.10 Å². The average molecular weight is 182 g/mol. The van der Waals surface area contributed by atoms with Gasteiger partial charge in [0.25, 0.3) is 0 Å². The molecule has 0 saturated heterocycles. The Hall–Kier alpha value is -1.09. The molecule has 12 heavy (non-hydrogen) atoms. The highest BCUT2D eigenvalue weighted by Gasteiger charge is 2.09. The van der Waals surface area contributed by atoms with E-state index in [2.05, 4.69) is 6.58 Å². The lowest BCUT2D eigenvalue weighted by Gasteiger charge is -2.08. The smallest absolute Gasteiger partial charge is 0.330 e. The molecule has 1 aromatic rings. The fraction of sp³-hybridized carbons (Fsp3) is 0.222. The summed E-state index contributed by atoms with van der Waals surface area (Å²) in [5.41, 5.74) is 0. The fourth-order valence-corrected chi connectivity index (χ4v) is 1.51. The van der Waals surface area contributed by atoms with Gasteiger partial charge in [-0.25, -0.2) is 4.79 Å². The van der Waals surface area contributed by atoms with Gasteiger partial charge in [-0.15, -0.1) is 11.3 Å². The van der Waals surface area contributed by atoms with E-state index in [0.29, 0.717) is 0 Å². The van der Waals surface area contributed by atoms with E-state index in [4.69, 9.17) is 4.74 Å². The molecule has 0 radical (unpaired) electrons. The van der Waals surface area contributed by atoms with Gasteiger partial charge >= 0.3 is 5.97 Å². The van der Waals surface area contributed by atoms with E-state index in [1.807, 2.05) is 24.4 Å². The molecule has 3 heteroatoms. The molecule has 1 unspecified atom stereocenters. The Morgan fingerprint density at radius 1 is 1.83 bits per heavy atom. The summed E-state index contributed by atoms with van der Waals surface area (Å²) in [5.74, 6) is -0.379. The van der Waals surface area contributed by atoms with Crippen LogP contribution in [-0.4, -0.2) is 5.97 Å². The Bertz CT molecular complexity index is 264. The third-order valence-corrected chi connectivity index (χ3v) is 2.44.